The molecule has 2 amide bonds. The highest BCUT2D eigenvalue weighted by molar-refractivity contribution is 9.12. The van der Waals surface area contributed by atoms with Crippen molar-refractivity contribution in [2.24, 2.45) is 10.8 Å². The van der Waals surface area contributed by atoms with E-state index in [1.165, 1.54) is 0 Å². The largest absolute Gasteiger partial charge is 0.379 e. The lowest BCUT2D eigenvalue weighted by molar-refractivity contribution is -0.124. The van der Waals surface area contributed by atoms with Gasteiger partial charge >= 0.3 is 0 Å². The van der Waals surface area contributed by atoms with Gasteiger partial charge in [0, 0.05) is 31.2 Å². The SMILES string of the molecule is CC1(C)CCCC(C)(C)C1N/C(C=N)=C(\Br)C(=O)NCC(=O)NCc1ccncc1. The van der Waals surface area contributed by atoms with E-state index in [2.05, 4.69) is 64.6 Å². The van der Waals surface area contributed by atoms with Gasteiger partial charge in [-0.3, -0.25) is 14.6 Å². The molecule has 1 fully saturated rings. The van der Waals surface area contributed by atoms with Crippen LogP contribution in [0.5, 0.6) is 0 Å². The minimum atomic E-state index is -0.438. The van der Waals surface area contributed by atoms with Gasteiger partial charge in [0.25, 0.3) is 5.91 Å². The number of rotatable bonds is 8. The number of pyridine rings is 1. The van der Waals surface area contributed by atoms with Crippen LogP contribution in [0, 0.1) is 16.2 Å². The van der Waals surface area contributed by atoms with Gasteiger partial charge in [0.1, 0.15) is 4.48 Å². The molecule has 164 valence electrons. The Kier molecular flexibility index (Phi) is 8.18. The highest BCUT2D eigenvalue weighted by Gasteiger charge is 2.44. The molecule has 1 aromatic heterocycles. The first-order chi connectivity index (χ1) is 14.1. The van der Waals surface area contributed by atoms with Gasteiger partial charge in [0.2, 0.25) is 5.91 Å². The third kappa shape index (κ3) is 6.39. The minimum absolute atomic E-state index is 0.0343. The summed E-state index contributed by atoms with van der Waals surface area (Å²) in [7, 11) is 0. The molecule has 0 spiro atoms. The topological polar surface area (TPSA) is 107 Å². The van der Waals surface area contributed by atoms with Crippen molar-refractivity contribution >= 4 is 34.0 Å². The molecule has 0 unspecified atom stereocenters. The Labute approximate surface area is 187 Å². The van der Waals surface area contributed by atoms with E-state index in [0.717, 1.165) is 31.0 Å². The van der Waals surface area contributed by atoms with Gasteiger partial charge in [-0.2, -0.15) is 0 Å². The number of aromatic nitrogens is 1. The van der Waals surface area contributed by atoms with E-state index in [1.807, 2.05) is 12.1 Å². The Hall–Kier alpha value is -2.22. The van der Waals surface area contributed by atoms with Crippen molar-refractivity contribution in [2.45, 2.75) is 59.5 Å². The Morgan fingerprint density at radius 2 is 1.77 bits per heavy atom. The van der Waals surface area contributed by atoms with Crippen molar-refractivity contribution in [1.29, 1.82) is 5.41 Å². The number of halogens is 1. The summed E-state index contributed by atoms with van der Waals surface area (Å²) in [6, 6.07) is 3.74. The zero-order chi connectivity index (χ0) is 22.4. The summed E-state index contributed by atoms with van der Waals surface area (Å²) in [5.41, 5.74) is 1.41. The van der Waals surface area contributed by atoms with Gasteiger partial charge in [-0.05, 0) is 57.3 Å². The molecule has 0 radical (unpaired) electrons. The van der Waals surface area contributed by atoms with E-state index in [9.17, 15) is 9.59 Å². The van der Waals surface area contributed by atoms with Crippen LogP contribution in [-0.4, -0.2) is 35.6 Å². The number of nitrogens with one attached hydrogen (secondary N) is 4. The third-order valence-electron chi connectivity index (χ3n) is 5.73. The maximum atomic E-state index is 12.5. The fourth-order valence-corrected chi connectivity index (χ4v) is 4.55. The van der Waals surface area contributed by atoms with Crippen LogP contribution in [0.3, 0.4) is 0 Å². The van der Waals surface area contributed by atoms with Gasteiger partial charge in [-0.25, -0.2) is 0 Å². The zero-order valence-electron chi connectivity index (χ0n) is 18.1. The number of amides is 2. The highest BCUT2D eigenvalue weighted by Crippen LogP contribution is 2.46. The smallest absolute Gasteiger partial charge is 0.260 e. The predicted octanol–water partition coefficient (Wildman–Crippen LogP) is 3.26. The van der Waals surface area contributed by atoms with E-state index in [0.29, 0.717) is 12.2 Å². The summed E-state index contributed by atoms with van der Waals surface area (Å²) in [5.74, 6) is -0.731. The number of carbonyl (C=O) groups excluding carboxylic acids is 2. The van der Waals surface area contributed by atoms with Crippen LogP contribution >= 0.6 is 15.9 Å². The summed E-state index contributed by atoms with van der Waals surface area (Å²) >= 11 is 3.31. The molecule has 0 aromatic carbocycles. The van der Waals surface area contributed by atoms with Crippen LogP contribution in [0.4, 0.5) is 0 Å². The minimum Gasteiger partial charge on any atom is -0.379 e. The van der Waals surface area contributed by atoms with E-state index >= 15 is 0 Å². The maximum Gasteiger partial charge on any atom is 0.260 e. The van der Waals surface area contributed by atoms with Gasteiger partial charge < -0.3 is 21.4 Å². The predicted molar refractivity (Wildman–Crippen MR) is 122 cm³/mol. The standard InChI is InChI=1S/C22H32BrN5O2/c1-21(2)8-5-9-22(3,4)20(21)28-16(12-24)18(23)19(30)27-14-17(29)26-13-15-6-10-25-11-7-15/h6-7,10-12,20,24,28H,5,8-9,13-14H2,1-4H3,(H,26,29)(H,27,30)/b18-16-,24-12?. The number of carbonyl (C=O) groups is 2. The summed E-state index contributed by atoms with van der Waals surface area (Å²) in [6.45, 7) is 9.09. The summed E-state index contributed by atoms with van der Waals surface area (Å²) in [6.07, 6.45) is 7.80. The lowest BCUT2D eigenvalue weighted by atomic mass is 9.61. The highest BCUT2D eigenvalue weighted by atomic mass is 79.9. The van der Waals surface area contributed by atoms with E-state index in [-0.39, 0.29) is 33.8 Å². The second-order valence-corrected chi connectivity index (χ2v) is 9.89. The third-order valence-corrected chi connectivity index (χ3v) is 6.52. The van der Waals surface area contributed by atoms with E-state index in [4.69, 9.17) is 5.41 Å². The molecule has 8 heteroatoms. The first-order valence-corrected chi connectivity index (χ1v) is 11.0. The van der Waals surface area contributed by atoms with Crippen molar-refractivity contribution in [3.05, 3.63) is 40.3 Å². The average Bonchev–Trinajstić information content (AvgIpc) is 2.70. The Morgan fingerprint density at radius 1 is 1.17 bits per heavy atom. The van der Waals surface area contributed by atoms with Crippen LogP contribution < -0.4 is 16.0 Å². The van der Waals surface area contributed by atoms with Crippen LogP contribution in [0.2, 0.25) is 0 Å². The molecule has 7 nitrogen and oxygen atoms in total. The molecule has 0 bridgehead atoms. The van der Waals surface area contributed by atoms with Crippen LogP contribution in [-0.2, 0) is 16.1 Å². The molecule has 1 aromatic rings. The van der Waals surface area contributed by atoms with E-state index < -0.39 is 5.91 Å². The molecule has 2 rings (SSSR count). The Bertz CT molecular complexity index is 789. The first-order valence-electron chi connectivity index (χ1n) is 10.2. The maximum absolute atomic E-state index is 12.5. The second kappa shape index (κ2) is 10.2. The van der Waals surface area contributed by atoms with Crippen molar-refractivity contribution in [2.75, 3.05) is 6.54 Å². The van der Waals surface area contributed by atoms with Gasteiger partial charge in [0.05, 0.1) is 12.2 Å². The fourth-order valence-electron chi connectivity index (χ4n) is 4.18. The molecule has 30 heavy (non-hydrogen) atoms. The van der Waals surface area contributed by atoms with Crippen LogP contribution in [0.15, 0.2) is 34.7 Å². The quantitative estimate of drug-likeness (QED) is 0.340. The monoisotopic (exact) mass is 477 g/mol. The Balaban J connectivity index is 1.97. The lowest BCUT2D eigenvalue weighted by Gasteiger charge is -2.50. The summed E-state index contributed by atoms with van der Waals surface area (Å²) < 4.78 is 0.219. The van der Waals surface area contributed by atoms with Gasteiger partial charge in [-0.1, -0.05) is 34.1 Å². The molecule has 1 heterocycles. The number of allylic oxidation sites excluding steroid dienone is 1. The molecular formula is C22H32BrN5O2. The number of nitrogens with zero attached hydrogens (tertiary/aromatic N) is 1. The summed E-state index contributed by atoms with van der Waals surface area (Å²) in [4.78, 5) is 28.5. The number of hydrogen-bond acceptors (Lipinski definition) is 5. The van der Waals surface area contributed by atoms with Crippen molar-refractivity contribution in [1.82, 2.24) is 20.9 Å². The van der Waals surface area contributed by atoms with Crippen molar-refractivity contribution < 1.29 is 9.59 Å². The van der Waals surface area contributed by atoms with Crippen LogP contribution in [0.25, 0.3) is 0 Å². The second-order valence-electron chi connectivity index (χ2n) is 9.09. The first kappa shape index (κ1) is 24.1. The lowest BCUT2D eigenvalue weighted by Crippen LogP contribution is -2.54. The zero-order valence-corrected chi connectivity index (χ0v) is 19.7. The van der Waals surface area contributed by atoms with Crippen molar-refractivity contribution in [3.8, 4) is 0 Å². The number of hydrogen-bond donors (Lipinski definition) is 4. The molecule has 1 aliphatic rings. The molecule has 0 atom stereocenters. The van der Waals surface area contributed by atoms with Gasteiger partial charge in [-0.15, -0.1) is 0 Å². The van der Waals surface area contributed by atoms with Crippen molar-refractivity contribution in [3.63, 3.8) is 0 Å². The molecular weight excluding hydrogens is 446 g/mol. The fraction of sp³-hybridized carbons (Fsp3) is 0.545. The molecule has 1 aliphatic carbocycles. The molecule has 4 N–H and O–H groups in total. The molecule has 1 saturated carbocycles. The molecule has 0 saturated heterocycles. The summed E-state index contributed by atoms with van der Waals surface area (Å²) in [5, 5.41) is 16.6. The van der Waals surface area contributed by atoms with E-state index in [1.54, 1.807) is 12.4 Å². The Morgan fingerprint density at radius 3 is 2.33 bits per heavy atom. The molecule has 0 aliphatic heterocycles. The van der Waals surface area contributed by atoms with Gasteiger partial charge in [0.15, 0.2) is 0 Å². The van der Waals surface area contributed by atoms with Crippen LogP contribution in [0.1, 0.15) is 52.5 Å². The normalized spacial score (nSPS) is 18.7. The average molecular weight is 478 g/mol.